The van der Waals surface area contributed by atoms with Gasteiger partial charge in [0.1, 0.15) is 29.8 Å². The molecule has 0 aliphatic heterocycles. The van der Waals surface area contributed by atoms with Crippen LogP contribution in [0.2, 0.25) is 5.02 Å². The highest BCUT2D eigenvalue weighted by atomic mass is 35.5. The fraction of sp³-hybridized carbons (Fsp3) is 0.222. The summed E-state index contributed by atoms with van der Waals surface area (Å²) in [7, 11) is 0. The zero-order valence-electron chi connectivity index (χ0n) is 13.7. The van der Waals surface area contributed by atoms with Crippen molar-refractivity contribution in [1.82, 2.24) is 9.55 Å². The molecule has 2 aromatic heterocycles. The summed E-state index contributed by atoms with van der Waals surface area (Å²) in [5.74, 6) is -0.592. The molecule has 0 bridgehead atoms. The van der Waals surface area contributed by atoms with E-state index in [0.29, 0.717) is 22.2 Å². The second-order valence-corrected chi connectivity index (χ2v) is 6.12. The van der Waals surface area contributed by atoms with Gasteiger partial charge in [-0.1, -0.05) is 17.7 Å². The first kappa shape index (κ1) is 19.1. The Bertz CT molecular complexity index is 1020. The van der Waals surface area contributed by atoms with Crippen LogP contribution in [-0.2, 0) is 11.3 Å². The number of hydrogen-bond acceptors (Lipinski definition) is 3. The number of hydrogen-bond donors (Lipinski definition) is 0. The SMILES string of the molecule is N#Cc1ccc2c(-c3ccc(Cl)c(F)c3)cn(CCOCC(F)(F)F)c2n1. The van der Waals surface area contributed by atoms with Gasteiger partial charge in [-0.25, -0.2) is 9.37 Å². The monoisotopic (exact) mass is 397 g/mol. The third kappa shape index (κ3) is 4.38. The quantitative estimate of drug-likeness (QED) is 0.452. The van der Waals surface area contributed by atoms with Gasteiger partial charge in [0.15, 0.2) is 0 Å². The molecule has 0 aliphatic rings. The van der Waals surface area contributed by atoms with Gasteiger partial charge in [0, 0.05) is 23.7 Å². The molecule has 0 amide bonds. The third-order valence-corrected chi connectivity index (χ3v) is 4.12. The highest BCUT2D eigenvalue weighted by Gasteiger charge is 2.27. The molecular weight excluding hydrogens is 386 g/mol. The molecule has 3 aromatic rings. The Labute approximate surface area is 156 Å². The first-order valence-corrected chi connectivity index (χ1v) is 8.16. The Balaban J connectivity index is 1.97. The van der Waals surface area contributed by atoms with Crippen molar-refractivity contribution in [3.63, 3.8) is 0 Å². The number of nitrogens with zero attached hydrogens (tertiary/aromatic N) is 3. The molecule has 2 heterocycles. The summed E-state index contributed by atoms with van der Waals surface area (Å²) in [5, 5.41) is 9.66. The summed E-state index contributed by atoms with van der Waals surface area (Å²) < 4.78 is 56.7. The van der Waals surface area contributed by atoms with Gasteiger partial charge in [0.25, 0.3) is 0 Å². The predicted octanol–water partition coefficient (Wildman–Crippen LogP) is 4.95. The van der Waals surface area contributed by atoms with Gasteiger partial charge >= 0.3 is 6.18 Å². The molecule has 4 nitrogen and oxygen atoms in total. The van der Waals surface area contributed by atoms with E-state index in [1.54, 1.807) is 22.9 Å². The Hall–Kier alpha value is -2.63. The van der Waals surface area contributed by atoms with Crippen LogP contribution < -0.4 is 0 Å². The lowest BCUT2D eigenvalue weighted by Crippen LogP contribution is -2.19. The summed E-state index contributed by atoms with van der Waals surface area (Å²) in [6, 6.07) is 9.40. The Morgan fingerprint density at radius 2 is 2.00 bits per heavy atom. The number of rotatable bonds is 5. The van der Waals surface area contributed by atoms with Crippen LogP contribution in [0.5, 0.6) is 0 Å². The zero-order chi connectivity index (χ0) is 19.6. The number of fused-ring (bicyclic) bond motifs is 1. The van der Waals surface area contributed by atoms with E-state index >= 15 is 0 Å². The van der Waals surface area contributed by atoms with Crippen LogP contribution in [0, 0.1) is 17.1 Å². The molecule has 0 atom stereocenters. The summed E-state index contributed by atoms with van der Waals surface area (Å²) in [6.07, 6.45) is -2.77. The lowest BCUT2D eigenvalue weighted by Gasteiger charge is -2.08. The number of nitriles is 1. The molecule has 0 spiro atoms. The van der Waals surface area contributed by atoms with Crippen molar-refractivity contribution in [3.8, 4) is 17.2 Å². The van der Waals surface area contributed by atoms with Crippen LogP contribution >= 0.6 is 11.6 Å². The molecule has 3 rings (SSSR count). The van der Waals surface area contributed by atoms with Crippen molar-refractivity contribution in [2.45, 2.75) is 12.7 Å². The second-order valence-electron chi connectivity index (χ2n) is 5.71. The Morgan fingerprint density at radius 3 is 2.67 bits per heavy atom. The largest absolute Gasteiger partial charge is 0.411 e. The van der Waals surface area contributed by atoms with E-state index in [-0.39, 0.29) is 23.9 Å². The molecule has 27 heavy (non-hydrogen) atoms. The van der Waals surface area contributed by atoms with Crippen molar-refractivity contribution in [2.24, 2.45) is 0 Å². The fourth-order valence-corrected chi connectivity index (χ4v) is 2.76. The summed E-state index contributed by atoms with van der Waals surface area (Å²) in [5.41, 5.74) is 1.71. The van der Waals surface area contributed by atoms with Crippen LogP contribution in [0.4, 0.5) is 17.6 Å². The minimum absolute atomic E-state index is 0.0204. The fourth-order valence-electron chi connectivity index (χ4n) is 2.64. The standard InChI is InChI=1S/C18H12ClF4N3O/c19-15-4-1-11(7-16(15)20)14-9-26(5-6-27-10-18(21,22)23)17-13(14)3-2-12(8-24)25-17/h1-4,7,9H,5-6,10H2. The van der Waals surface area contributed by atoms with Gasteiger partial charge in [0.2, 0.25) is 0 Å². The summed E-state index contributed by atoms with van der Waals surface area (Å²) in [4.78, 5) is 4.21. The number of halogens is 5. The first-order valence-electron chi connectivity index (χ1n) is 7.78. The van der Waals surface area contributed by atoms with E-state index in [9.17, 15) is 17.6 Å². The molecule has 1 aromatic carbocycles. The molecule has 140 valence electrons. The van der Waals surface area contributed by atoms with Crippen LogP contribution in [-0.4, -0.2) is 28.9 Å². The first-order chi connectivity index (χ1) is 12.8. The highest BCUT2D eigenvalue weighted by Crippen LogP contribution is 2.32. The number of aromatic nitrogens is 2. The Kier molecular flexibility index (Phi) is 5.35. The normalized spacial score (nSPS) is 11.7. The average Bonchev–Trinajstić information content (AvgIpc) is 2.98. The zero-order valence-corrected chi connectivity index (χ0v) is 14.5. The van der Waals surface area contributed by atoms with Crippen LogP contribution in [0.15, 0.2) is 36.5 Å². The number of ether oxygens (including phenoxy) is 1. The summed E-state index contributed by atoms with van der Waals surface area (Å²) in [6.45, 7) is -1.46. The highest BCUT2D eigenvalue weighted by molar-refractivity contribution is 6.30. The topological polar surface area (TPSA) is 50.8 Å². The minimum atomic E-state index is -4.41. The van der Waals surface area contributed by atoms with Gasteiger partial charge in [-0.15, -0.1) is 0 Å². The average molecular weight is 398 g/mol. The van der Waals surface area contributed by atoms with Crippen molar-refractivity contribution in [3.05, 3.63) is 53.1 Å². The minimum Gasteiger partial charge on any atom is -0.370 e. The maximum absolute atomic E-state index is 13.8. The molecule has 0 fully saturated rings. The van der Waals surface area contributed by atoms with Crippen molar-refractivity contribution >= 4 is 22.6 Å². The smallest absolute Gasteiger partial charge is 0.370 e. The van der Waals surface area contributed by atoms with Crippen LogP contribution in [0.25, 0.3) is 22.2 Å². The van der Waals surface area contributed by atoms with Crippen LogP contribution in [0.1, 0.15) is 5.69 Å². The number of alkyl halides is 3. The molecule has 0 radical (unpaired) electrons. The van der Waals surface area contributed by atoms with E-state index in [1.165, 1.54) is 18.2 Å². The molecule has 0 N–H and O–H groups in total. The van der Waals surface area contributed by atoms with Crippen LogP contribution in [0.3, 0.4) is 0 Å². The van der Waals surface area contributed by atoms with Crippen molar-refractivity contribution in [2.75, 3.05) is 13.2 Å². The van der Waals surface area contributed by atoms with E-state index in [1.807, 2.05) is 6.07 Å². The molecule has 0 saturated heterocycles. The van der Waals surface area contributed by atoms with Gasteiger partial charge in [-0.05, 0) is 29.8 Å². The second kappa shape index (κ2) is 7.55. The molecule has 0 saturated carbocycles. The predicted molar refractivity (Wildman–Crippen MR) is 91.7 cm³/mol. The van der Waals surface area contributed by atoms with Crippen molar-refractivity contribution in [1.29, 1.82) is 5.26 Å². The van der Waals surface area contributed by atoms with E-state index in [4.69, 9.17) is 16.9 Å². The van der Waals surface area contributed by atoms with E-state index < -0.39 is 18.6 Å². The molecule has 9 heteroatoms. The van der Waals surface area contributed by atoms with Gasteiger partial charge in [0.05, 0.1) is 11.6 Å². The third-order valence-electron chi connectivity index (χ3n) is 3.81. The Morgan fingerprint density at radius 1 is 1.22 bits per heavy atom. The van der Waals surface area contributed by atoms with Crippen molar-refractivity contribution < 1.29 is 22.3 Å². The number of pyridine rings is 1. The van der Waals surface area contributed by atoms with E-state index in [2.05, 4.69) is 9.72 Å². The van der Waals surface area contributed by atoms with Gasteiger partial charge < -0.3 is 9.30 Å². The molecule has 0 unspecified atom stereocenters. The molecular formula is C18H12ClF4N3O. The van der Waals surface area contributed by atoms with Gasteiger partial charge in [-0.2, -0.15) is 18.4 Å². The van der Waals surface area contributed by atoms with Gasteiger partial charge in [-0.3, -0.25) is 0 Å². The lowest BCUT2D eigenvalue weighted by molar-refractivity contribution is -0.174. The lowest BCUT2D eigenvalue weighted by atomic mass is 10.1. The molecule has 0 aliphatic carbocycles. The summed E-state index contributed by atoms with van der Waals surface area (Å²) >= 11 is 5.72. The number of benzene rings is 1. The maximum Gasteiger partial charge on any atom is 0.411 e. The maximum atomic E-state index is 13.8. The van der Waals surface area contributed by atoms with E-state index in [0.717, 1.165) is 0 Å².